The molecule has 0 saturated carbocycles. The molecule has 0 bridgehead atoms. The summed E-state index contributed by atoms with van der Waals surface area (Å²) in [6.45, 7) is 4.61. The van der Waals surface area contributed by atoms with Gasteiger partial charge in [-0.2, -0.15) is 0 Å². The molecule has 1 aromatic heterocycles. The van der Waals surface area contributed by atoms with Crippen molar-refractivity contribution >= 4 is 46.9 Å². The molecule has 1 saturated heterocycles. The maximum absolute atomic E-state index is 12.7. The Kier molecular flexibility index (Phi) is 9.98. The average molecular weight is 600 g/mol. The zero-order valence-corrected chi connectivity index (χ0v) is 24.7. The van der Waals surface area contributed by atoms with Gasteiger partial charge in [0.2, 0.25) is 0 Å². The van der Waals surface area contributed by atoms with Crippen LogP contribution in [0.1, 0.15) is 16.7 Å². The third-order valence-electron chi connectivity index (χ3n) is 6.91. The van der Waals surface area contributed by atoms with Crippen LogP contribution in [0.3, 0.4) is 0 Å². The van der Waals surface area contributed by atoms with Gasteiger partial charge in [0.15, 0.2) is 0 Å². The van der Waals surface area contributed by atoms with E-state index in [0.29, 0.717) is 28.7 Å². The molecule has 1 atom stereocenters. The van der Waals surface area contributed by atoms with Crippen LogP contribution >= 0.6 is 12.6 Å². The Bertz CT molecular complexity index is 1530. The van der Waals surface area contributed by atoms with Gasteiger partial charge in [-0.15, -0.1) is 12.6 Å². The molecule has 4 N–H and O–H groups in total. The molecule has 42 heavy (non-hydrogen) atoms. The van der Waals surface area contributed by atoms with Gasteiger partial charge in [-0.3, -0.25) is 15.3 Å². The lowest BCUT2D eigenvalue weighted by molar-refractivity contribution is 0.175. The monoisotopic (exact) mass is 599 g/mol. The molecule has 11 heteroatoms. The number of rotatable bonds is 9. The number of carbonyl (C=O) groups excluding carboxylic acids is 1. The van der Waals surface area contributed by atoms with Gasteiger partial charge in [-0.05, 0) is 71.8 Å². The number of amides is 2. The van der Waals surface area contributed by atoms with Gasteiger partial charge in [-0.25, -0.2) is 13.7 Å². The summed E-state index contributed by atoms with van der Waals surface area (Å²) in [5, 5.41) is 14.4. The minimum absolute atomic E-state index is 0.400. The Hall–Kier alpha value is -4.03. The first-order chi connectivity index (χ1) is 20.4. The van der Waals surface area contributed by atoms with E-state index in [2.05, 4.69) is 42.8 Å². The number of pyridine rings is 1. The number of nitrogens with one attached hydrogen (secondary N) is 4. The number of thiol groups is 1. The van der Waals surface area contributed by atoms with E-state index in [1.54, 1.807) is 30.3 Å². The maximum atomic E-state index is 12.7. The highest BCUT2D eigenvalue weighted by Gasteiger charge is 2.20. The van der Waals surface area contributed by atoms with Crippen LogP contribution in [0.25, 0.3) is 0 Å². The van der Waals surface area contributed by atoms with Crippen LogP contribution in [-0.2, 0) is 24.1 Å². The van der Waals surface area contributed by atoms with Crippen LogP contribution in [0.15, 0.2) is 107 Å². The first-order valence-corrected chi connectivity index (χ1v) is 15.2. The molecule has 216 valence electrons. The lowest BCUT2D eigenvalue weighted by Gasteiger charge is -2.36. The topological polar surface area (TPSA) is 113 Å². The highest BCUT2D eigenvalue weighted by atomic mass is 32.2. The largest absolute Gasteiger partial charge is 0.354 e. The number of hydrogen-bond donors (Lipinski definition) is 5. The van der Waals surface area contributed by atoms with Crippen molar-refractivity contribution in [2.75, 3.05) is 36.8 Å². The van der Waals surface area contributed by atoms with Crippen LogP contribution < -0.4 is 15.4 Å². The Morgan fingerprint density at radius 2 is 1.55 bits per heavy atom. The molecule has 0 spiro atoms. The van der Waals surface area contributed by atoms with E-state index in [9.17, 15) is 9.00 Å². The highest BCUT2D eigenvalue weighted by Crippen LogP contribution is 2.17. The van der Waals surface area contributed by atoms with E-state index in [1.807, 2.05) is 67.0 Å². The minimum Gasteiger partial charge on any atom is -0.354 e. The van der Waals surface area contributed by atoms with E-state index in [1.165, 1.54) is 5.56 Å². The van der Waals surface area contributed by atoms with Gasteiger partial charge in [-0.1, -0.05) is 24.3 Å². The molecule has 5 rings (SSSR count). The first-order valence-electron chi connectivity index (χ1n) is 13.6. The number of hydrogen-bond acceptors (Lipinski definition) is 6. The standard InChI is InChI=1S/C31H33N7O2S2/c32-30(38-18-16-37(17-19-38)22-24-12-14-33-15-13-24)25-2-1-3-27(20-25)36-31(39)35-26-6-10-29(11-7-26)42(40)34-21-23-4-8-28(41)9-5-23/h1-15,20,32,34,41H,16-19,21-22H2,(H2,35,36,39). The Balaban J connectivity index is 1.09. The molecule has 1 aliphatic heterocycles. The van der Waals surface area contributed by atoms with E-state index in [0.717, 1.165) is 48.7 Å². The van der Waals surface area contributed by atoms with Crippen molar-refractivity contribution in [3.63, 3.8) is 0 Å². The number of amidine groups is 1. The summed E-state index contributed by atoms with van der Waals surface area (Å²) in [5.74, 6) is 0.443. The quantitative estimate of drug-likeness (QED) is 0.106. The number of urea groups is 1. The molecule has 4 aromatic rings. The molecule has 9 nitrogen and oxygen atoms in total. The minimum atomic E-state index is -1.39. The van der Waals surface area contributed by atoms with Crippen molar-refractivity contribution in [1.82, 2.24) is 19.5 Å². The average Bonchev–Trinajstić information content (AvgIpc) is 3.01. The summed E-state index contributed by atoms with van der Waals surface area (Å²) in [6, 6.07) is 25.5. The second kappa shape index (κ2) is 14.2. The summed E-state index contributed by atoms with van der Waals surface area (Å²) < 4.78 is 15.6. The normalized spacial score (nSPS) is 14.3. The number of aromatic nitrogens is 1. The fourth-order valence-corrected chi connectivity index (χ4v) is 5.60. The SMILES string of the molecule is N=C(c1cccc(NC(=O)Nc2ccc(S(=O)NCc3ccc(S)cc3)cc2)c1)N1CCN(Cc2ccncc2)CC1. The van der Waals surface area contributed by atoms with Crippen LogP contribution in [-0.4, -0.2) is 57.0 Å². The Morgan fingerprint density at radius 3 is 2.26 bits per heavy atom. The number of benzene rings is 3. The Labute approximate surface area is 253 Å². The number of anilines is 2. The van der Waals surface area contributed by atoms with Gasteiger partial charge in [0.1, 0.15) is 16.8 Å². The molecule has 1 aliphatic rings. The van der Waals surface area contributed by atoms with Gasteiger partial charge in [0, 0.05) is 73.5 Å². The van der Waals surface area contributed by atoms with Gasteiger partial charge in [0.25, 0.3) is 0 Å². The first kappa shape index (κ1) is 29.5. The van der Waals surface area contributed by atoms with Crippen LogP contribution in [0.5, 0.6) is 0 Å². The van der Waals surface area contributed by atoms with E-state index in [4.69, 9.17) is 5.41 Å². The summed E-state index contributed by atoms with van der Waals surface area (Å²) in [4.78, 5) is 22.7. The Morgan fingerprint density at radius 1 is 0.857 bits per heavy atom. The molecule has 2 amide bonds. The highest BCUT2D eigenvalue weighted by molar-refractivity contribution is 7.83. The predicted octanol–water partition coefficient (Wildman–Crippen LogP) is 4.97. The van der Waals surface area contributed by atoms with Crippen molar-refractivity contribution in [3.8, 4) is 0 Å². The molecular weight excluding hydrogens is 567 g/mol. The molecule has 2 heterocycles. The fourth-order valence-electron chi connectivity index (χ4n) is 4.60. The number of nitrogens with zero attached hydrogens (tertiary/aromatic N) is 3. The number of carbonyl (C=O) groups is 1. The fraction of sp³-hybridized carbons (Fsp3) is 0.194. The van der Waals surface area contributed by atoms with Crippen molar-refractivity contribution in [3.05, 3.63) is 114 Å². The van der Waals surface area contributed by atoms with Gasteiger partial charge < -0.3 is 15.5 Å². The van der Waals surface area contributed by atoms with Crippen LogP contribution in [0, 0.1) is 5.41 Å². The lowest BCUT2D eigenvalue weighted by Crippen LogP contribution is -2.48. The van der Waals surface area contributed by atoms with Gasteiger partial charge in [0.05, 0.1) is 4.90 Å². The molecule has 1 fully saturated rings. The lowest BCUT2D eigenvalue weighted by atomic mass is 10.1. The zero-order valence-electron chi connectivity index (χ0n) is 23.0. The summed E-state index contributed by atoms with van der Waals surface area (Å²) >= 11 is 4.28. The van der Waals surface area contributed by atoms with Crippen molar-refractivity contribution in [1.29, 1.82) is 5.41 Å². The van der Waals surface area contributed by atoms with E-state index in [-0.39, 0.29) is 0 Å². The van der Waals surface area contributed by atoms with Crippen molar-refractivity contribution in [2.24, 2.45) is 0 Å². The number of piperazine rings is 1. The molecule has 1 unspecified atom stereocenters. The van der Waals surface area contributed by atoms with Crippen LogP contribution in [0.4, 0.5) is 16.2 Å². The molecule has 0 radical (unpaired) electrons. The smallest absolute Gasteiger partial charge is 0.323 e. The van der Waals surface area contributed by atoms with Crippen molar-refractivity contribution in [2.45, 2.75) is 22.9 Å². The van der Waals surface area contributed by atoms with Crippen molar-refractivity contribution < 1.29 is 9.00 Å². The predicted molar refractivity (Wildman–Crippen MR) is 170 cm³/mol. The summed E-state index contributed by atoms with van der Waals surface area (Å²) in [7, 11) is -1.39. The van der Waals surface area contributed by atoms with Gasteiger partial charge >= 0.3 is 6.03 Å². The van der Waals surface area contributed by atoms with E-state index >= 15 is 0 Å². The second-order valence-corrected chi connectivity index (χ2v) is 11.7. The van der Waals surface area contributed by atoms with Crippen LogP contribution in [0.2, 0.25) is 0 Å². The third-order valence-corrected chi connectivity index (χ3v) is 8.31. The molecular formula is C31H33N7O2S2. The van der Waals surface area contributed by atoms with E-state index < -0.39 is 17.0 Å². The molecule has 3 aromatic carbocycles. The molecule has 0 aliphatic carbocycles. The second-order valence-electron chi connectivity index (χ2n) is 9.91. The summed E-state index contributed by atoms with van der Waals surface area (Å²) in [5.41, 5.74) is 4.16. The zero-order chi connectivity index (χ0) is 29.3. The third kappa shape index (κ3) is 8.26. The maximum Gasteiger partial charge on any atom is 0.323 e. The summed E-state index contributed by atoms with van der Waals surface area (Å²) in [6.07, 6.45) is 3.63.